The molecule has 0 radical (unpaired) electrons. The molecule has 17 heavy (non-hydrogen) atoms. The minimum atomic E-state index is 0.149. The Morgan fingerprint density at radius 3 is 3.12 bits per heavy atom. The molecule has 6 nitrogen and oxygen atoms in total. The summed E-state index contributed by atoms with van der Waals surface area (Å²) in [5.41, 5.74) is 5.50. The van der Waals surface area contributed by atoms with Crippen LogP contribution in [0.5, 0.6) is 0 Å². The molecule has 2 heterocycles. The molecule has 0 amide bonds. The average Bonchev–Trinajstić information content (AvgIpc) is 2.76. The first-order chi connectivity index (χ1) is 8.15. The highest BCUT2D eigenvalue weighted by Crippen LogP contribution is 2.19. The molecule has 0 spiro atoms. The average molecular weight is 253 g/mol. The molecule has 1 unspecified atom stereocenters. The smallest absolute Gasteiger partial charge is 0.222 e. The van der Waals surface area contributed by atoms with Crippen LogP contribution in [0.4, 0.5) is 11.8 Å². The largest absolute Gasteiger partial charge is 0.368 e. The van der Waals surface area contributed by atoms with Gasteiger partial charge in [0.15, 0.2) is 5.82 Å². The molecule has 1 atom stereocenters. The molecule has 0 saturated heterocycles. The van der Waals surface area contributed by atoms with Crippen molar-refractivity contribution in [1.29, 1.82) is 0 Å². The van der Waals surface area contributed by atoms with Crippen molar-refractivity contribution in [2.45, 2.75) is 19.5 Å². The van der Waals surface area contributed by atoms with E-state index in [0.717, 1.165) is 6.54 Å². The van der Waals surface area contributed by atoms with Gasteiger partial charge < -0.3 is 15.6 Å². The van der Waals surface area contributed by atoms with Crippen LogP contribution < -0.4 is 11.1 Å². The topological polar surface area (TPSA) is 81.7 Å². The van der Waals surface area contributed by atoms with Crippen molar-refractivity contribution >= 4 is 23.4 Å². The maximum absolute atomic E-state index is 5.96. The number of nitrogens with two attached hydrogens (primary N) is 1. The zero-order valence-electron chi connectivity index (χ0n) is 9.34. The number of nitrogens with one attached hydrogen (secondary N) is 1. The number of halogens is 1. The fourth-order valence-corrected chi connectivity index (χ4v) is 1.62. The van der Waals surface area contributed by atoms with Gasteiger partial charge in [0.2, 0.25) is 5.95 Å². The molecule has 0 aliphatic carbocycles. The molecule has 0 aliphatic rings. The highest BCUT2D eigenvalue weighted by Gasteiger charge is 2.08. The number of nitrogens with zero attached hydrogens (tertiary/aromatic N) is 4. The van der Waals surface area contributed by atoms with Crippen molar-refractivity contribution in [2.24, 2.45) is 0 Å². The molecule has 0 bridgehead atoms. The standard InChI is InChI=1S/C10H13ClN6/c1-7(5-17-3-2-13-6-17)15-9-8(11)4-14-10(12)16-9/h2-4,6-7H,5H2,1H3,(H3,12,14,15,16). The van der Waals surface area contributed by atoms with Crippen molar-refractivity contribution < 1.29 is 0 Å². The van der Waals surface area contributed by atoms with Crippen molar-refractivity contribution in [3.63, 3.8) is 0 Å². The van der Waals surface area contributed by atoms with E-state index in [1.165, 1.54) is 6.20 Å². The first-order valence-corrected chi connectivity index (χ1v) is 5.53. The molecule has 0 aromatic carbocycles. The Labute approximate surface area is 104 Å². The van der Waals surface area contributed by atoms with Gasteiger partial charge in [0.1, 0.15) is 5.02 Å². The molecular weight excluding hydrogens is 240 g/mol. The van der Waals surface area contributed by atoms with Crippen molar-refractivity contribution in [2.75, 3.05) is 11.1 Å². The highest BCUT2D eigenvalue weighted by atomic mass is 35.5. The lowest BCUT2D eigenvalue weighted by Crippen LogP contribution is -2.22. The summed E-state index contributed by atoms with van der Waals surface area (Å²) in [5, 5.41) is 3.63. The van der Waals surface area contributed by atoms with E-state index in [1.54, 1.807) is 12.5 Å². The van der Waals surface area contributed by atoms with Gasteiger partial charge in [-0.3, -0.25) is 0 Å². The van der Waals surface area contributed by atoms with Crippen LogP contribution in [-0.2, 0) is 6.54 Å². The number of hydrogen-bond acceptors (Lipinski definition) is 5. The summed E-state index contributed by atoms with van der Waals surface area (Å²) in [6.45, 7) is 2.79. The number of hydrogen-bond donors (Lipinski definition) is 2. The van der Waals surface area contributed by atoms with Crippen LogP contribution in [0.25, 0.3) is 0 Å². The summed E-state index contributed by atoms with van der Waals surface area (Å²) in [4.78, 5) is 11.8. The third-order valence-electron chi connectivity index (χ3n) is 2.19. The van der Waals surface area contributed by atoms with Crippen molar-refractivity contribution in [3.8, 4) is 0 Å². The Morgan fingerprint density at radius 1 is 1.59 bits per heavy atom. The van der Waals surface area contributed by atoms with Gasteiger partial charge in [0.05, 0.1) is 12.5 Å². The first kappa shape index (κ1) is 11.7. The quantitative estimate of drug-likeness (QED) is 0.860. The normalized spacial score (nSPS) is 12.4. The summed E-state index contributed by atoms with van der Waals surface area (Å²) in [7, 11) is 0. The summed E-state index contributed by atoms with van der Waals surface area (Å²) in [6.07, 6.45) is 6.88. The maximum Gasteiger partial charge on any atom is 0.222 e. The fraction of sp³-hybridized carbons (Fsp3) is 0.300. The van der Waals surface area contributed by atoms with Gasteiger partial charge in [-0.1, -0.05) is 11.6 Å². The molecule has 0 fully saturated rings. The molecular formula is C10H13ClN6. The Hall–Kier alpha value is -1.82. The number of anilines is 2. The number of nitrogen functional groups attached to an aromatic ring is 1. The predicted octanol–water partition coefficient (Wildman–Crippen LogP) is 1.41. The molecule has 2 aromatic rings. The maximum atomic E-state index is 5.96. The monoisotopic (exact) mass is 252 g/mol. The van der Waals surface area contributed by atoms with E-state index >= 15 is 0 Å². The van der Waals surface area contributed by atoms with Gasteiger partial charge in [-0.15, -0.1) is 0 Å². The Kier molecular flexibility index (Phi) is 3.43. The molecule has 2 aromatic heterocycles. The SMILES string of the molecule is CC(Cn1ccnc1)Nc1nc(N)ncc1Cl. The van der Waals surface area contributed by atoms with Crippen LogP contribution in [0.2, 0.25) is 5.02 Å². The zero-order chi connectivity index (χ0) is 12.3. The molecule has 90 valence electrons. The van der Waals surface area contributed by atoms with E-state index in [1.807, 2.05) is 17.7 Å². The molecule has 2 rings (SSSR count). The lowest BCUT2D eigenvalue weighted by atomic mass is 10.3. The van der Waals surface area contributed by atoms with Crippen LogP contribution in [-0.4, -0.2) is 25.6 Å². The lowest BCUT2D eigenvalue weighted by molar-refractivity contribution is 0.617. The second-order valence-electron chi connectivity index (χ2n) is 3.73. The second kappa shape index (κ2) is 5.01. The van der Waals surface area contributed by atoms with Crippen LogP contribution >= 0.6 is 11.6 Å². The summed E-state index contributed by atoms with van der Waals surface area (Å²) in [5.74, 6) is 0.749. The van der Waals surface area contributed by atoms with E-state index in [4.69, 9.17) is 17.3 Å². The highest BCUT2D eigenvalue weighted by molar-refractivity contribution is 6.32. The summed E-state index contributed by atoms with van der Waals surface area (Å²) < 4.78 is 1.97. The van der Waals surface area contributed by atoms with Gasteiger partial charge in [0, 0.05) is 25.0 Å². The Bertz CT molecular complexity index is 484. The minimum absolute atomic E-state index is 0.149. The van der Waals surface area contributed by atoms with Crippen molar-refractivity contribution in [3.05, 3.63) is 29.9 Å². The zero-order valence-corrected chi connectivity index (χ0v) is 10.1. The first-order valence-electron chi connectivity index (χ1n) is 5.15. The van der Waals surface area contributed by atoms with Crippen LogP contribution in [0.15, 0.2) is 24.9 Å². The minimum Gasteiger partial charge on any atom is -0.368 e. The van der Waals surface area contributed by atoms with E-state index in [-0.39, 0.29) is 12.0 Å². The summed E-state index contributed by atoms with van der Waals surface area (Å²) in [6, 6.07) is 0.149. The van der Waals surface area contributed by atoms with E-state index in [2.05, 4.69) is 20.3 Å². The Morgan fingerprint density at radius 2 is 2.41 bits per heavy atom. The van der Waals surface area contributed by atoms with E-state index < -0.39 is 0 Å². The van der Waals surface area contributed by atoms with E-state index in [9.17, 15) is 0 Å². The van der Waals surface area contributed by atoms with Gasteiger partial charge in [-0.05, 0) is 6.92 Å². The molecule has 3 N–H and O–H groups in total. The third kappa shape index (κ3) is 3.07. The van der Waals surface area contributed by atoms with E-state index in [0.29, 0.717) is 10.8 Å². The predicted molar refractivity (Wildman–Crippen MR) is 66.8 cm³/mol. The fourth-order valence-electron chi connectivity index (χ4n) is 1.47. The van der Waals surface area contributed by atoms with Crippen LogP contribution in [0.1, 0.15) is 6.92 Å². The van der Waals surface area contributed by atoms with Crippen LogP contribution in [0, 0.1) is 0 Å². The van der Waals surface area contributed by atoms with Gasteiger partial charge in [0.25, 0.3) is 0 Å². The molecule has 0 saturated carbocycles. The number of aromatic nitrogens is 4. The Balaban J connectivity index is 2.02. The number of imidazole rings is 1. The van der Waals surface area contributed by atoms with Gasteiger partial charge in [-0.25, -0.2) is 9.97 Å². The molecule has 0 aliphatic heterocycles. The van der Waals surface area contributed by atoms with Crippen LogP contribution in [0.3, 0.4) is 0 Å². The second-order valence-corrected chi connectivity index (χ2v) is 4.14. The lowest BCUT2D eigenvalue weighted by Gasteiger charge is -2.15. The number of rotatable bonds is 4. The van der Waals surface area contributed by atoms with Gasteiger partial charge in [-0.2, -0.15) is 4.98 Å². The van der Waals surface area contributed by atoms with Gasteiger partial charge >= 0.3 is 0 Å². The molecule has 7 heteroatoms. The summed E-state index contributed by atoms with van der Waals surface area (Å²) >= 11 is 5.96. The third-order valence-corrected chi connectivity index (χ3v) is 2.47. The van der Waals surface area contributed by atoms with Crippen molar-refractivity contribution in [1.82, 2.24) is 19.5 Å².